The molecule has 10 nitrogen and oxygen atoms in total. The summed E-state index contributed by atoms with van der Waals surface area (Å²) >= 11 is 0. The molecule has 0 aliphatic heterocycles. The Balaban J connectivity index is 1.59. The Hall–Kier alpha value is -5.06. The molecule has 0 fully saturated rings. The van der Waals surface area contributed by atoms with Gasteiger partial charge in [-0.2, -0.15) is 10.2 Å². The second-order valence-electron chi connectivity index (χ2n) is 7.89. The maximum absolute atomic E-state index is 14.1. The van der Waals surface area contributed by atoms with Crippen molar-refractivity contribution in [2.45, 2.75) is 6.54 Å². The standard InChI is InChI=1S/C24H17FN8O2/c25-15-9-14(10-17(34)11-15)21-20-22(26)27-13-28-23(20)32(30-21)12-19-29-31-8-4-7-18(31)24(35)33(19)16-5-2-1-3-6-16/h1-11,13,34H,12H2,(H2,26,27,28). The Morgan fingerprint density at radius 3 is 2.63 bits per heavy atom. The second kappa shape index (κ2) is 7.76. The number of aromatic nitrogens is 7. The van der Waals surface area contributed by atoms with Crippen molar-refractivity contribution in [3.8, 4) is 22.7 Å². The highest BCUT2D eigenvalue weighted by Gasteiger charge is 2.21. The van der Waals surface area contributed by atoms with Crippen LogP contribution in [0.1, 0.15) is 5.82 Å². The first-order valence-electron chi connectivity index (χ1n) is 10.6. The molecule has 0 saturated heterocycles. The van der Waals surface area contributed by atoms with Crippen LogP contribution in [0, 0.1) is 5.82 Å². The number of nitrogen functional groups attached to an aromatic ring is 1. The van der Waals surface area contributed by atoms with Gasteiger partial charge in [-0.3, -0.25) is 9.36 Å². The van der Waals surface area contributed by atoms with Gasteiger partial charge < -0.3 is 10.8 Å². The number of anilines is 1. The predicted octanol–water partition coefficient (Wildman–Crippen LogP) is 2.77. The van der Waals surface area contributed by atoms with Crippen LogP contribution in [-0.4, -0.2) is 39.0 Å². The molecule has 0 amide bonds. The summed E-state index contributed by atoms with van der Waals surface area (Å²) in [5.74, 6) is -0.346. The molecule has 35 heavy (non-hydrogen) atoms. The van der Waals surface area contributed by atoms with E-state index in [1.807, 2.05) is 30.3 Å². The molecule has 0 atom stereocenters. The fraction of sp³-hybridized carbons (Fsp3) is 0.0417. The Bertz CT molecular complexity index is 1770. The number of phenolic OH excluding ortho intramolecular Hbond substituents is 1. The quantitative estimate of drug-likeness (QED) is 0.407. The van der Waals surface area contributed by atoms with Crippen LogP contribution in [0.3, 0.4) is 0 Å². The smallest absolute Gasteiger partial charge is 0.282 e. The van der Waals surface area contributed by atoms with Gasteiger partial charge in [0.2, 0.25) is 0 Å². The monoisotopic (exact) mass is 468 g/mol. The number of hydrogen-bond acceptors (Lipinski definition) is 7. The average molecular weight is 468 g/mol. The van der Waals surface area contributed by atoms with Crippen LogP contribution in [0.4, 0.5) is 10.2 Å². The van der Waals surface area contributed by atoms with Crippen LogP contribution in [0.25, 0.3) is 33.5 Å². The molecule has 0 aliphatic carbocycles. The molecule has 4 aromatic heterocycles. The number of nitrogens with two attached hydrogens (primary N) is 1. The van der Waals surface area contributed by atoms with E-state index in [0.29, 0.717) is 39.3 Å². The first kappa shape index (κ1) is 20.5. The van der Waals surface area contributed by atoms with Gasteiger partial charge in [0.05, 0.1) is 11.1 Å². The fourth-order valence-corrected chi connectivity index (χ4v) is 4.16. The zero-order valence-electron chi connectivity index (χ0n) is 18.1. The summed E-state index contributed by atoms with van der Waals surface area (Å²) in [7, 11) is 0. The molecule has 172 valence electrons. The molecule has 6 aromatic rings. The SMILES string of the molecule is Nc1ncnc2c1c(-c1cc(O)cc(F)c1)nn2Cc1nn2cccc2c(=O)n1-c1ccccc1. The topological polar surface area (TPSA) is 129 Å². The first-order valence-corrected chi connectivity index (χ1v) is 10.6. The molecule has 6 rings (SSSR count). The maximum atomic E-state index is 14.1. The maximum Gasteiger partial charge on any atom is 0.282 e. The number of para-hydroxylation sites is 1. The van der Waals surface area contributed by atoms with E-state index < -0.39 is 5.82 Å². The third-order valence-electron chi connectivity index (χ3n) is 5.65. The number of nitrogens with zero attached hydrogens (tertiary/aromatic N) is 7. The van der Waals surface area contributed by atoms with E-state index in [1.54, 1.807) is 18.3 Å². The van der Waals surface area contributed by atoms with Crippen LogP contribution >= 0.6 is 0 Å². The third kappa shape index (κ3) is 3.37. The minimum absolute atomic E-state index is 0.0481. The van der Waals surface area contributed by atoms with Crippen molar-refractivity contribution in [2.75, 3.05) is 5.73 Å². The van der Waals surface area contributed by atoms with Gasteiger partial charge >= 0.3 is 0 Å². The van der Waals surface area contributed by atoms with Gasteiger partial charge in [0.25, 0.3) is 5.56 Å². The zero-order chi connectivity index (χ0) is 24.1. The summed E-state index contributed by atoms with van der Waals surface area (Å²) in [5, 5.41) is 19.6. The van der Waals surface area contributed by atoms with Crippen LogP contribution < -0.4 is 11.3 Å². The summed E-state index contributed by atoms with van der Waals surface area (Å²) in [6.07, 6.45) is 2.99. The van der Waals surface area contributed by atoms with Gasteiger partial charge in [-0.25, -0.2) is 23.6 Å². The Morgan fingerprint density at radius 1 is 1.00 bits per heavy atom. The normalized spacial score (nSPS) is 11.5. The van der Waals surface area contributed by atoms with Gasteiger partial charge in [-0.05, 0) is 36.4 Å². The molecular weight excluding hydrogens is 451 g/mol. The van der Waals surface area contributed by atoms with Gasteiger partial charge in [-0.1, -0.05) is 18.2 Å². The van der Waals surface area contributed by atoms with Crippen molar-refractivity contribution in [2.24, 2.45) is 0 Å². The van der Waals surface area contributed by atoms with Crippen molar-refractivity contribution >= 4 is 22.4 Å². The van der Waals surface area contributed by atoms with Crippen molar-refractivity contribution in [1.82, 2.24) is 33.9 Å². The van der Waals surface area contributed by atoms with E-state index in [4.69, 9.17) is 5.73 Å². The summed E-state index contributed by atoms with van der Waals surface area (Å²) in [5.41, 5.74) is 7.94. The molecule has 0 radical (unpaired) electrons. The zero-order valence-corrected chi connectivity index (χ0v) is 18.1. The van der Waals surface area contributed by atoms with Crippen LogP contribution in [0.5, 0.6) is 5.75 Å². The molecule has 0 bridgehead atoms. The molecule has 2 aromatic carbocycles. The van der Waals surface area contributed by atoms with Crippen LogP contribution in [-0.2, 0) is 6.54 Å². The van der Waals surface area contributed by atoms with Crippen LogP contribution in [0.15, 0.2) is 78.0 Å². The summed E-state index contributed by atoms with van der Waals surface area (Å²) < 4.78 is 18.6. The molecule has 0 saturated carbocycles. The summed E-state index contributed by atoms with van der Waals surface area (Å²) in [6.45, 7) is 0.0481. The number of hydrogen-bond donors (Lipinski definition) is 2. The third-order valence-corrected chi connectivity index (χ3v) is 5.65. The number of fused-ring (bicyclic) bond motifs is 2. The van der Waals surface area contributed by atoms with Crippen LogP contribution in [0.2, 0.25) is 0 Å². The predicted molar refractivity (Wildman–Crippen MR) is 127 cm³/mol. The number of aromatic hydroxyl groups is 1. The Labute approximate surface area is 196 Å². The molecular formula is C24H17FN8O2. The van der Waals surface area contributed by atoms with Gasteiger partial charge in [0.15, 0.2) is 11.5 Å². The van der Waals surface area contributed by atoms with E-state index in [1.165, 1.54) is 32.2 Å². The van der Waals surface area contributed by atoms with Gasteiger partial charge in [0.1, 0.15) is 41.5 Å². The van der Waals surface area contributed by atoms with Gasteiger partial charge in [-0.15, -0.1) is 0 Å². The van der Waals surface area contributed by atoms with E-state index in [0.717, 1.165) is 6.07 Å². The largest absolute Gasteiger partial charge is 0.508 e. The van der Waals surface area contributed by atoms with Crippen molar-refractivity contribution in [3.63, 3.8) is 0 Å². The lowest BCUT2D eigenvalue weighted by Crippen LogP contribution is -2.27. The minimum Gasteiger partial charge on any atom is -0.508 e. The number of halogens is 1. The Morgan fingerprint density at radius 2 is 1.83 bits per heavy atom. The summed E-state index contributed by atoms with van der Waals surface area (Å²) in [6, 6.07) is 16.2. The highest BCUT2D eigenvalue weighted by atomic mass is 19.1. The molecule has 3 N–H and O–H groups in total. The van der Waals surface area contributed by atoms with E-state index in [9.17, 15) is 14.3 Å². The van der Waals surface area contributed by atoms with E-state index >= 15 is 0 Å². The summed E-state index contributed by atoms with van der Waals surface area (Å²) in [4.78, 5) is 21.8. The van der Waals surface area contributed by atoms with Crippen molar-refractivity contribution in [1.29, 1.82) is 0 Å². The molecule has 0 aliphatic rings. The highest BCUT2D eigenvalue weighted by Crippen LogP contribution is 2.32. The van der Waals surface area contributed by atoms with Crippen molar-refractivity contribution < 1.29 is 9.50 Å². The average Bonchev–Trinajstić information content (AvgIpc) is 3.45. The lowest BCUT2D eigenvalue weighted by Gasteiger charge is -2.13. The lowest BCUT2D eigenvalue weighted by atomic mass is 10.1. The lowest BCUT2D eigenvalue weighted by molar-refractivity contribution is 0.469. The molecule has 4 heterocycles. The molecule has 0 spiro atoms. The van der Waals surface area contributed by atoms with E-state index in [2.05, 4.69) is 20.2 Å². The first-order chi connectivity index (χ1) is 17.0. The van der Waals surface area contributed by atoms with Gasteiger partial charge in [0, 0.05) is 17.8 Å². The highest BCUT2D eigenvalue weighted by molar-refractivity contribution is 5.98. The fourth-order valence-electron chi connectivity index (χ4n) is 4.16. The number of benzene rings is 2. The Kier molecular flexibility index (Phi) is 4.56. The van der Waals surface area contributed by atoms with Crippen molar-refractivity contribution in [3.05, 3.63) is 95.2 Å². The second-order valence-corrected chi connectivity index (χ2v) is 7.89. The number of phenols is 1. The number of rotatable bonds is 4. The van der Waals surface area contributed by atoms with E-state index in [-0.39, 0.29) is 23.7 Å². The molecule has 0 unspecified atom stereocenters. The minimum atomic E-state index is -0.629. The molecule has 11 heteroatoms.